The minimum absolute atomic E-state index is 0.0326. The molecule has 0 aromatic heterocycles. The number of methoxy groups -OCH3 is 1. The summed E-state index contributed by atoms with van der Waals surface area (Å²) in [5.41, 5.74) is 0.395. The van der Waals surface area contributed by atoms with E-state index in [1.165, 1.54) is 6.07 Å². The van der Waals surface area contributed by atoms with Gasteiger partial charge in [-0.05, 0) is 31.4 Å². The van der Waals surface area contributed by atoms with Gasteiger partial charge >= 0.3 is 0 Å². The number of rotatable bonds is 26. The number of hydrogen-bond acceptors (Lipinski definition) is 12. The van der Waals surface area contributed by atoms with Crippen molar-refractivity contribution in [1.29, 1.82) is 0 Å². The molecule has 262 valence electrons. The van der Waals surface area contributed by atoms with Crippen molar-refractivity contribution in [2.24, 2.45) is 0 Å². The van der Waals surface area contributed by atoms with Crippen LogP contribution in [0.2, 0.25) is 0 Å². The highest BCUT2D eigenvalue weighted by Crippen LogP contribution is 2.32. The fourth-order valence-electron chi connectivity index (χ4n) is 4.84. The highest BCUT2D eigenvalue weighted by atomic mass is 16.6. The number of ether oxygens (including phenoxy) is 7. The third-order valence-corrected chi connectivity index (χ3v) is 7.23. The number of imide groups is 2. The maximum absolute atomic E-state index is 13.2. The molecule has 3 rings (SSSR count). The molecule has 15 heteroatoms. The summed E-state index contributed by atoms with van der Waals surface area (Å²) in [4.78, 5) is 63.3. The van der Waals surface area contributed by atoms with Crippen molar-refractivity contribution in [3.05, 3.63) is 29.3 Å². The minimum Gasteiger partial charge on any atom is -0.382 e. The number of unbranched alkanes of at least 4 members (excludes halogenated alkanes) is 2. The molecule has 0 radical (unpaired) electrons. The summed E-state index contributed by atoms with van der Waals surface area (Å²) >= 11 is 0. The van der Waals surface area contributed by atoms with Crippen molar-refractivity contribution in [3.8, 4) is 0 Å². The Kier molecular flexibility index (Phi) is 18.1. The van der Waals surface area contributed by atoms with Crippen LogP contribution in [0.4, 0.5) is 5.69 Å². The van der Waals surface area contributed by atoms with E-state index >= 15 is 0 Å². The zero-order valence-electron chi connectivity index (χ0n) is 27.1. The standard InChI is InChI=1S/C32H47N3O12/c1-41-12-13-43-16-17-45-20-21-47-23-22-46-19-18-44-15-14-42-11-4-2-3-8-27(36)33-25-7-5-6-24-29(25)32(40)35(31(24)39)26-9-10-28(37)34-30(26)38/h5-7,26H,2-4,8-23H2,1H3,(H,33,36)(H,34,37,38). The Balaban J connectivity index is 1.14. The van der Waals surface area contributed by atoms with Crippen LogP contribution in [0.3, 0.4) is 0 Å². The molecule has 1 saturated heterocycles. The van der Waals surface area contributed by atoms with Gasteiger partial charge in [-0.2, -0.15) is 0 Å². The number of carbonyl (C=O) groups is 5. The molecular formula is C32H47N3O12. The number of fused-ring (bicyclic) bond motifs is 1. The van der Waals surface area contributed by atoms with E-state index < -0.39 is 29.7 Å². The summed E-state index contributed by atoms with van der Waals surface area (Å²) in [6.07, 6.45) is 2.49. The lowest BCUT2D eigenvalue weighted by Crippen LogP contribution is -2.54. The molecule has 1 unspecified atom stereocenters. The van der Waals surface area contributed by atoms with Gasteiger partial charge in [0.1, 0.15) is 6.04 Å². The minimum atomic E-state index is -1.07. The summed E-state index contributed by atoms with van der Waals surface area (Å²) in [6.45, 7) is 6.55. The van der Waals surface area contributed by atoms with E-state index in [2.05, 4.69) is 10.6 Å². The molecule has 0 spiro atoms. The number of hydrogen-bond donors (Lipinski definition) is 2. The van der Waals surface area contributed by atoms with Crippen molar-refractivity contribution in [3.63, 3.8) is 0 Å². The summed E-state index contributed by atoms with van der Waals surface area (Å²) in [5, 5.41) is 4.90. The Bertz CT molecular complexity index is 1160. The molecule has 0 aliphatic carbocycles. The average Bonchev–Trinajstić information content (AvgIpc) is 3.31. The van der Waals surface area contributed by atoms with Crippen LogP contribution in [0, 0.1) is 0 Å². The maximum Gasteiger partial charge on any atom is 0.264 e. The van der Waals surface area contributed by atoms with E-state index in [0.29, 0.717) is 92.3 Å². The zero-order valence-corrected chi connectivity index (χ0v) is 27.1. The highest BCUT2D eigenvalue weighted by molar-refractivity contribution is 6.26. The second kappa shape index (κ2) is 22.3. The molecule has 1 aromatic carbocycles. The van der Waals surface area contributed by atoms with E-state index in [-0.39, 0.29) is 42.0 Å². The zero-order chi connectivity index (χ0) is 33.7. The van der Waals surface area contributed by atoms with Gasteiger partial charge in [0.15, 0.2) is 0 Å². The molecule has 0 saturated carbocycles. The molecule has 5 amide bonds. The van der Waals surface area contributed by atoms with E-state index in [9.17, 15) is 24.0 Å². The Morgan fingerprint density at radius 2 is 1.30 bits per heavy atom. The predicted molar refractivity (Wildman–Crippen MR) is 167 cm³/mol. The van der Waals surface area contributed by atoms with Gasteiger partial charge in [-0.15, -0.1) is 0 Å². The Morgan fingerprint density at radius 3 is 1.85 bits per heavy atom. The lowest BCUT2D eigenvalue weighted by molar-refractivity contribution is -0.136. The summed E-state index contributed by atoms with van der Waals surface area (Å²) in [7, 11) is 1.63. The van der Waals surface area contributed by atoms with Gasteiger partial charge < -0.3 is 38.5 Å². The van der Waals surface area contributed by atoms with Crippen molar-refractivity contribution in [2.45, 2.75) is 44.6 Å². The van der Waals surface area contributed by atoms with Crippen molar-refractivity contribution in [2.75, 3.05) is 98.3 Å². The molecule has 2 aliphatic rings. The number of amides is 5. The normalized spacial score (nSPS) is 16.1. The van der Waals surface area contributed by atoms with Gasteiger partial charge in [0.25, 0.3) is 11.8 Å². The van der Waals surface area contributed by atoms with Crippen molar-refractivity contribution < 1.29 is 57.1 Å². The number of nitrogens with zero attached hydrogens (tertiary/aromatic N) is 1. The fraction of sp³-hybridized carbons (Fsp3) is 0.656. The van der Waals surface area contributed by atoms with Crippen LogP contribution >= 0.6 is 0 Å². The fourth-order valence-corrected chi connectivity index (χ4v) is 4.84. The van der Waals surface area contributed by atoms with E-state index in [4.69, 9.17) is 33.2 Å². The number of anilines is 1. The third kappa shape index (κ3) is 13.4. The van der Waals surface area contributed by atoms with Crippen LogP contribution in [0.1, 0.15) is 59.2 Å². The smallest absolute Gasteiger partial charge is 0.264 e. The lowest BCUT2D eigenvalue weighted by atomic mass is 10.0. The van der Waals surface area contributed by atoms with Crippen molar-refractivity contribution in [1.82, 2.24) is 10.2 Å². The Hall–Kier alpha value is -3.31. The van der Waals surface area contributed by atoms with Crippen LogP contribution in [-0.2, 0) is 47.5 Å². The number of piperidine rings is 1. The largest absolute Gasteiger partial charge is 0.382 e. The quantitative estimate of drug-likeness (QED) is 0.107. The van der Waals surface area contributed by atoms with E-state index in [1.807, 2.05) is 0 Å². The predicted octanol–water partition coefficient (Wildman–Crippen LogP) is 1.33. The molecule has 1 fully saturated rings. The lowest BCUT2D eigenvalue weighted by Gasteiger charge is -2.27. The SMILES string of the molecule is COCCOCCOCCOCCOCCOCCOCCCCCC(=O)Nc1cccc2c1C(=O)N(C1CCC(=O)NC1=O)C2=O. The maximum atomic E-state index is 13.2. The van der Waals surface area contributed by atoms with Crippen LogP contribution in [0.5, 0.6) is 0 Å². The van der Waals surface area contributed by atoms with Gasteiger partial charge in [0, 0.05) is 26.6 Å². The Morgan fingerprint density at radius 1 is 0.745 bits per heavy atom. The second-order valence-electron chi connectivity index (χ2n) is 10.7. The molecule has 2 heterocycles. The van der Waals surface area contributed by atoms with E-state index in [0.717, 1.165) is 17.7 Å². The average molecular weight is 666 g/mol. The first-order valence-electron chi connectivity index (χ1n) is 16.0. The molecule has 1 atom stereocenters. The first-order valence-corrected chi connectivity index (χ1v) is 16.0. The van der Waals surface area contributed by atoms with Gasteiger partial charge in [0.05, 0.1) is 96.1 Å². The molecular weight excluding hydrogens is 618 g/mol. The highest BCUT2D eigenvalue weighted by Gasteiger charge is 2.45. The van der Waals surface area contributed by atoms with Crippen molar-refractivity contribution >= 4 is 35.2 Å². The third-order valence-electron chi connectivity index (χ3n) is 7.23. The molecule has 15 nitrogen and oxygen atoms in total. The molecule has 47 heavy (non-hydrogen) atoms. The van der Waals surface area contributed by atoms with Gasteiger partial charge in [-0.3, -0.25) is 34.2 Å². The second-order valence-corrected chi connectivity index (χ2v) is 10.7. The first-order chi connectivity index (χ1) is 22.9. The molecule has 1 aromatic rings. The van der Waals surface area contributed by atoms with Gasteiger partial charge in [0.2, 0.25) is 17.7 Å². The summed E-state index contributed by atoms with van der Waals surface area (Å²) < 4.78 is 37.5. The van der Waals surface area contributed by atoms with Gasteiger partial charge in [-0.1, -0.05) is 12.5 Å². The Labute approximate surface area is 274 Å². The summed E-state index contributed by atoms with van der Waals surface area (Å²) in [5.74, 6) is -2.70. The van der Waals surface area contributed by atoms with Crippen LogP contribution in [0.15, 0.2) is 18.2 Å². The molecule has 2 N–H and O–H groups in total. The first kappa shape index (κ1) is 38.1. The molecule has 2 aliphatic heterocycles. The number of nitrogens with one attached hydrogen (secondary N) is 2. The monoisotopic (exact) mass is 665 g/mol. The van der Waals surface area contributed by atoms with Gasteiger partial charge in [-0.25, -0.2) is 0 Å². The number of carbonyl (C=O) groups excluding carboxylic acids is 5. The van der Waals surface area contributed by atoms with Crippen LogP contribution in [-0.4, -0.2) is 133 Å². The number of benzene rings is 1. The van der Waals surface area contributed by atoms with E-state index in [1.54, 1.807) is 19.2 Å². The molecule has 0 bridgehead atoms. The van der Waals surface area contributed by atoms with Crippen LogP contribution < -0.4 is 10.6 Å². The topological polar surface area (TPSA) is 177 Å². The summed E-state index contributed by atoms with van der Waals surface area (Å²) in [6, 6.07) is 3.54. The van der Waals surface area contributed by atoms with Crippen LogP contribution in [0.25, 0.3) is 0 Å².